The van der Waals surface area contributed by atoms with Gasteiger partial charge in [-0.3, -0.25) is 14.8 Å². The number of nitrogens with zero attached hydrogens (tertiary/aromatic N) is 2. The molecule has 2 heterocycles. The highest BCUT2D eigenvalue weighted by Crippen LogP contribution is 2.15. The number of rotatable bonds is 2. The second kappa shape index (κ2) is 4.40. The van der Waals surface area contributed by atoms with Gasteiger partial charge in [0.25, 0.3) is 5.56 Å². The summed E-state index contributed by atoms with van der Waals surface area (Å²) in [5.74, 6) is 0. The van der Waals surface area contributed by atoms with E-state index in [2.05, 4.69) is 9.97 Å². The van der Waals surface area contributed by atoms with Gasteiger partial charge in [0.05, 0.1) is 6.04 Å². The quantitative estimate of drug-likeness (QED) is 0.806. The lowest BCUT2D eigenvalue weighted by atomic mass is 10.1. The van der Waals surface area contributed by atoms with Gasteiger partial charge < -0.3 is 4.57 Å². The molecule has 0 aliphatic heterocycles. The molecule has 2 rings (SSSR count). The minimum Gasteiger partial charge on any atom is -0.318 e. The zero-order valence-electron chi connectivity index (χ0n) is 8.75. The number of nitrogens with one attached hydrogen (secondary N) is 1. The Morgan fingerprint density at radius 2 is 2.31 bits per heavy atom. The molecule has 0 saturated carbocycles. The fraction of sp³-hybridized carbons (Fsp3) is 0.182. The topological polar surface area (TPSA) is 50.7 Å². The summed E-state index contributed by atoms with van der Waals surface area (Å²) in [7, 11) is 0. The van der Waals surface area contributed by atoms with Crippen LogP contribution in [0.2, 0.25) is 0 Å². The lowest BCUT2D eigenvalue weighted by Gasteiger charge is -2.15. The Hall–Kier alpha value is -1.75. The molecular formula is C11H11N3OS. The molecule has 0 spiro atoms. The SMILES string of the molecule is CC(c1cccnc1)n1ccc(=O)[nH]c1=S. The van der Waals surface area contributed by atoms with Crippen LogP contribution >= 0.6 is 12.2 Å². The molecule has 0 bridgehead atoms. The maximum absolute atomic E-state index is 11.1. The van der Waals surface area contributed by atoms with Crippen LogP contribution in [0.15, 0.2) is 41.6 Å². The van der Waals surface area contributed by atoms with Crippen LogP contribution in [0.1, 0.15) is 18.5 Å². The summed E-state index contributed by atoms with van der Waals surface area (Å²) in [6.45, 7) is 2.01. The highest BCUT2D eigenvalue weighted by molar-refractivity contribution is 7.71. The van der Waals surface area contributed by atoms with Crippen molar-refractivity contribution in [1.29, 1.82) is 0 Å². The van der Waals surface area contributed by atoms with E-state index >= 15 is 0 Å². The Morgan fingerprint density at radius 3 is 2.94 bits per heavy atom. The van der Waals surface area contributed by atoms with Gasteiger partial charge in [-0.05, 0) is 30.8 Å². The van der Waals surface area contributed by atoms with E-state index in [1.165, 1.54) is 6.07 Å². The van der Waals surface area contributed by atoms with E-state index in [9.17, 15) is 4.79 Å². The summed E-state index contributed by atoms with van der Waals surface area (Å²) < 4.78 is 2.25. The van der Waals surface area contributed by atoms with Crippen LogP contribution in [0, 0.1) is 4.77 Å². The molecule has 1 unspecified atom stereocenters. The Bertz CT molecular complexity index is 588. The second-order valence-corrected chi connectivity index (χ2v) is 3.87. The number of hydrogen-bond donors (Lipinski definition) is 1. The van der Waals surface area contributed by atoms with E-state index in [0.29, 0.717) is 4.77 Å². The van der Waals surface area contributed by atoms with Crippen LogP contribution < -0.4 is 5.56 Å². The van der Waals surface area contributed by atoms with Gasteiger partial charge in [0, 0.05) is 24.7 Å². The third kappa shape index (κ3) is 2.09. The molecule has 0 amide bonds. The molecule has 4 nitrogen and oxygen atoms in total. The van der Waals surface area contributed by atoms with Crippen LogP contribution in [0.25, 0.3) is 0 Å². The number of pyridine rings is 1. The lowest BCUT2D eigenvalue weighted by Crippen LogP contribution is -2.15. The summed E-state index contributed by atoms with van der Waals surface area (Å²) in [6, 6.07) is 5.37. The number of H-pyrrole nitrogens is 1. The molecule has 1 N–H and O–H groups in total. The van der Waals surface area contributed by atoms with Crippen LogP contribution in [0.5, 0.6) is 0 Å². The van der Waals surface area contributed by atoms with Crippen molar-refractivity contribution < 1.29 is 0 Å². The van der Waals surface area contributed by atoms with Crippen molar-refractivity contribution in [1.82, 2.24) is 14.5 Å². The zero-order chi connectivity index (χ0) is 11.5. The Labute approximate surface area is 97.6 Å². The molecular weight excluding hydrogens is 222 g/mol. The Kier molecular flexibility index (Phi) is 2.96. The summed E-state index contributed by atoms with van der Waals surface area (Å²) in [4.78, 5) is 17.7. The largest absolute Gasteiger partial charge is 0.318 e. The van der Waals surface area contributed by atoms with Gasteiger partial charge in [0.15, 0.2) is 4.77 Å². The van der Waals surface area contributed by atoms with Gasteiger partial charge in [-0.1, -0.05) is 6.07 Å². The second-order valence-electron chi connectivity index (χ2n) is 3.48. The smallest absolute Gasteiger partial charge is 0.251 e. The standard InChI is InChI=1S/C11H11N3OS/c1-8(9-3-2-5-12-7-9)14-6-4-10(15)13-11(14)16/h2-8H,1H3,(H,13,15,16). The summed E-state index contributed by atoms with van der Waals surface area (Å²) in [5, 5.41) is 0. The van der Waals surface area contributed by atoms with Crippen molar-refractivity contribution in [2.45, 2.75) is 13.0 Å². The van der Waals surface area contributed by atoms with E-state index in [1.807, 2.05) is 23.6 Å². The molecule has 5 heteroatoms. The first-order chi connectivity index (χ1) is 7.68. The summed E-state index contributed by atoms with van der Waals surface area (Å²) >= 11 is 5.10. The molecule has 0 aliphatic carbocycles. The van der Waals surface area contributed by atoms with Crippen molar-refractivity contribution in [3.05, 3.63) is 57.5 Å². The van der Waals surface area contributed by atoms with E-state index < -0.39 is 0 Å². The predicted molar refractivity (Wildman–Crippen MR) is 63.9 cm³/mol. The highest BCUT2D eigenvalue weighted by atomic mass is 32.1. The molecule has 0 radical (unpaired) electrons. The monoisotopic (exact) mass is 233 g/mol. The number of aromatic amines is 1. The van der Waals surface area contributed by atoms with Crippen molar-refractivity contribution in [3.63, 3.8) is 0 Å². The first-order valence-corrected chi connectivity index (χ1v) is 5.30. The minimum absolute atomic E-state index is 0.0537. The van der Waals surface area contributed by atoms with Crippen LogP contribution in [0.3, 0.4) is 0 Å². The lowest BCUT2D eigenvalue weighted by molar-refractivity contribution is 0.608. The molecule has 2 aromatic rings. The van der Waals surface area contributed by atoms with E-state index in [0.717, 1.165) is 5.56 Å². The van der Waals surface area contributed by atoms with E-state index in [4.69, 9.17) is 12.2 Å². The molecule has 1 atom stereocenters. The van der Waals surface area contributed by atoms with E-state index in [-0.39, 0.29) is 11.6 Å². The molecule has 0 aliphatic rings. The van der Waals surface area contributed by atoms with Crippen molar-refractivity contribution in [2.24, 2.45) is 0 Å². The summed E-state index contributed by atoms with van der Waals surface area (Å²) in [5.41, 5.74) is 0.866. The average molecular weight is 233 g/mol. The third-order valence-corrected chi connectivity index (χ3v) is 2.75. The first kappa shape index (κ1) is 10.8. The highest BCUT2D eigenvalue weighted by Gasteiger charge is 2.07. The van der Waals surface area contributed by atoms with Crippen molar-refractivity contribution in [2.75, 3.05) is 0 Å². The van der Waals surface area contributed by atoms with Gasteiger partial charge in [-0.2, -0.15) is 0 Å². The number of hydrogen-bond acceptors (Lipinski definition) is 3. The maximum atomic E-state index is 11.1. The summed E-state index contributed by atoms with van der Waals surface area (Å²) in [6.07, 6.45) is 5.21. The first-order valence-electron chi connectivity index (χ1n) is 4.90. The van der Waals surface area contributed by atoms with Crippen LogP contribution in [-0.2, 0) is 0 Å². The van der Waals surface area contributed by atoms with Crippen LogP contribution in [0.4, 0.5) is 0 Å². The van der Waals surface area contributed by atoms with Gasteiger partial charge in [-0.25, -0.2) is 0 Å². The Morgan fingerprint density at radius 1 is 1.50 bits per heavy atom. The van der Waals surface area contributed by atoms with Crippen molar-refractivity contribution >= 4 is 12.2 Å². The predicted octanol–water partition coefficient (Wildman–Crippen LogP) is 1.91. The number of aromatic nitrogens is 3. The minimum atomic E-state index is -0.181. The fourth-order valence-electron chi connectivity index (χ4n) is 1.52. The van der Waals surface area contributed by atoms with Gasteiger partial charge >= 0.3 is 0 Å². The zero-order valence-corrected chi connectivity index (χ0v) is 9.57. The van der Waals surface area contributed by atoms with Gasteiger partial charge in [0.2, 0.25) is 0 Å². The Balaban J connectivity index is 2.46. The van der Waals surface area contributed by atoms with Crippen molar-refractivity contribution in [3.8, 4) is 0 Å². The molecule has 0 fully saturated rings. The molecule has 82 valence electrons. The normalized spacial score (nSPS) is 12.3. The van der Waals surface area contributed by atoms with E-state index in [1.54, 1.807) is 18.6 Å². The maximum Gasteiger partial charge on any atom is 0.251 e. The fourth-order valence-corrected chi connectivity index (χ4v) is 1.84. The van der Waals surface area contributed by atoms with Gasteiger partial charge in [-0.15, -0.1) is 0 Å². The molecule has 2 aromatic heterocycles. The average Bonchev–Trinajstić information content (AvgIpc) is 2.29. The third-order valence-electron chi connectivity index (χ3n) is 2.44. The molecule has 16 heavy (non-hydrogen) atoms. The van der Waals surface area contributed by atoms with Crippen LogP contribution in [-0.4, -0.2) is 14.5 Å². The van der Waals surface area contributed by atoms with Gasteiger partial charge in [0.1, 0.15) is 0 Å². The molecule has 0 aromatic carbocycles. The molecule has 0 saturated heterocycles.